The molecule has 0 saturated carbocycles. The molecule has 0 aliphatic carbocycles. The molecular weight excluding hydrogens is 230 g/mol. The van der Waals surface area contributed by atoms with E-state index in [1.807, 2.05) is 0 Å². The molecule has 0 radical (unpaired) electrons. The summed E-state index contributed by atoms with van der Waals surface area (Å²) >= 11 is 0. The summed E-state index contributed by atoms with van der Waals surface area (Å²) in [5, 5.41) is 0. The standard InChI is InChI=1S/C12H19N5O/c1-2-16-3-5-17(6-4-16)12-10(11(14)18)7-9(13)8-15-12/h7-8H,2-6,13H2,1H3,(H2,14,18). The maximum absolute atomic E-state index is 11.4. The Kier molecular flexibility index (Phi) is 3.66. The number of hydrogen-bond donors (Lipinski definition) is 2. The van der Waals surface area contributed by atoms with Gasteiger partial charge in [-0.3, -0.25) is 4.79 Å². The van der Waals surface area contributed by atoms with Gasteiger partial charge in [-0.2, -0.15) is 0 Å². The average Bonchev–Trinajstić information content (AvgIpc) is 2.39. The van der Waals surface area contributed by atoms with Gasteiger partial charge in [0.15, 0.2) is 0 Å². The summed E-state index contributed by atoms with van der Waals surface area (Å²) in [5.41, 5.74) is 11.9. The van der Waals surface area contributed by atoms with Crippen LogP contribution in [0.1, 0.15) is 17.3 Å². The first-order valence-corrected chi connectivity index (χ1v) is 6.14. The third kappa shape index (κ3) is 2.53. The highest BCUT2D eigenvalue weighted by atomic mass is 16.1. The van der Waals surface area contributed by atoms with Crippen LogP contribution in [0.25, 0.3) is 0 Å². The fraction of sp³-hybridized carbons (Fsp3) is 0.500. The maximum Gasteiger partial charge on any atom is 0.252 e. The van der Waals surface area contributed by atoms with Crippen molar-refractivity contribution in [3.8, 4) is 0 Å². The van der Waals surface area contributed by atoms with Gasteiger partial charge in [-0.1, -0.05) is 6.92 Å². The summed E-state index contributed by atoms with van der Waals surface area (Å²) in [7, 11) is 0. The first-order chi connectivity index (χ1) is 8.61. The number of aromatic nitrogens is 1. The second-order valence-corrected chi connectivity index (χ2v) is 4.43. The number of piperazine rings is 1. The van der Waals surface area contributed by atoms with Gasteiger partial charge in [-0.15, -0.1) is 0 Å². The Morgan fingerprint density at radius 3 is 2.61 bits per heavy atom. The first kappa shape index (κ1) is 12.6. The highest BCUT2D eigenvalue weighted by molar-refractivity contribution is 5.98. The Hall–Kier alpha value is -1.82. The molecule has 1 aliphatic rings. The number of nitrogens with two attached hydrogens (primary N) is 2. The van der Waals surface area contributed by atoms with Crippen LogP contribution in [0.3, 0.4) is 0 Å². The van der Waals surface area contributed by atoms with E-state index in [-0.39, 0.29) is 0 Å². The van der Waals surface area contributed by atoms with Crippen molar-refractivity contribution in [3.63, 3.8) is 0 Å². The molecule has 0 spiro atoms. The van der Waals surface area contributed by atoms with Gasteiger partial charge < -0.3 is 21.3 Å². The van der Waals surface area contributed by atoms with E-state index in [0.717, 1.165) is 32.7 Å². The summed E-state index contributed by atoms with van der Waals surface area (Å²) < 4.78 is 0. The predicted octanol–water partition coefficient (Wildman–Crippen LogP) is -0.0954. The largest absolute Gasteiger partial charge is 0.397 e. The monoisotopic (exact) mass is 249 g/mol. The van der Waals surface area contributed by atoms with Crippen LogP contribution >= 0.6 is 0 Å². The molecule has 2 heterocycles. The Morgan fingerprint density at radius 1 is 1.39 bits per heavy atom. The summed E-state index contributed by atoms with van der Waals surface area (Å²) in [5.74, 6) is 0.162. The fourth-order valence-electron chi connectivity index (χ4n) is 2.18. The van der Waals surface area contributed by atoms with Gasteiger partial charge in [0.2, 0.25) is 0 Å². The zero-order chi connectivity index (χ0) is 13.1. The third-order valence-corrected chi connectivity index (χ3v) is 3.27. The van der Waals surface area contributed by atoms with Crippen LogP contribution in [-0.4, -0.2) is 48.5 Å². The molecule has 0 bridgehead atoms. The Morgan fingerprint density at radius 2 is 2.06 bits per heavy atom. The molecule has 6 heteroatoms. The number of rotatable bonds is 3. The molecule has 18 heavy (non-hydrogen) atoms. The van der Waals surface area contributed by atoms with Gasteiger partial charge in [-0.25, -0.2) is 4.98 Å². The highest BCUT2D eigenvalue weighted by Gasteiger charge is 2.21. The van der Waals surface area contributed by atoms with E-state index in [4.69, 9.17) is 11.5 Å². The van der Waals surface area contributed by atoms with Crippen LogP contribution < -0.4 is 16.4 Å². The Balaban J connectivity index is 2.21. The summed E-state index contributed by atoms with van der Waals surface area (Å²) in [6.07, 6.45) is 1.56. The van der Waals surface area contributed by atoms with E-state index < -0.39 is 5.91 Å². The molecule has 1 aromatic heterocycles. The minimum Gasteiger partial charge on any atom is -0.397 e. The average molecular weight is 249 g/mol. The van der Waals surface area contributed by atoms with Gasteiger partial charge in [0, 0.05) is 26.2 Å². The number of primary amides is 1. The quantitative estimate of drug-likeness (QED) is 0.781. The van der Waals surface area contributed by atoms with Crippen molar-refractivity contribution in [2.24, 2.45) is 5.73 Å². The van der Waals surface area contributed by atoms with E-state index in [2.05, 4.69) is 21.7 Å². The van der Waals surface area contributed by atoms with E-state index in [9.17, 15) is 4.79 Å². The minimum atomic E-state index is -0.484. The van der Waals surface area contributed by atoms with Gasteiger partial charge in [0.25, 0.3) is 5.91 Å². The van der Waals surface area contributed by atoms with Crippen molar-refractivity contribution in [2.75, 3.05) is 43.4 Å². The molecule has 98 valence electrons. The van der Waals surface area contributed by atoms with Gasteiger partial charge in [0.1, 0.15) is 5.82 Å². The van der Waals surface area contributed by atoms with Crippen LogP contribution in [0.5, 0.6) is 0 Å². The summed E-state index contributed by atoms with van der Waals surface area (Å²) in [6.45, 7) is 6.84. The molecular formula is C12H19N5O. The molecule has 6 nitrogen and oxygen atoms in total. The van der Waals surface area contributed by atoms with Crippen molar-refractivity contribution in [1.29, 1.82) is 0 Å². The molecule has 1 fully saturated rings. The number of pyridine rings is 1. The number of amides is 1. The van der Waals surface area contributed by atoms with Crippen LogP contribution in [0.4, 0.5) is 11.5 Å². The molecule has 0 atom stereocenters. The molecule has 0 unspecified atom stereocenters. The maximum atomic E-state index is 11.4. The second kappa shape index (κ2) is 5.22. The number of nitrogen functional groups attached to an aromatic ring is 1. The molecule has 1 saturated heterocycles. The number of carbonyl (C=O) groups is 1. The number of nitrogens with zero attached hydrogens (tertiary/aromatic N) is 3. The molecule has 1 aromatic rings. The van der Waals surface area contributed by atoms with Crippen molar-refractivity contribution >= 4 is 17.4 Å². The molecule has 2 rings (SSSR count). The highest BCUT2D eigenvalue weighted by Crippen LogP contribution is 2.20. The van der Waals surface area contributed by atoms with Crippen LogP contribution in [0, 0.1) is 0 Å². The van der Waals surface area contributed by atoms with E-state index in [1.165, 1.54) is 0 Å². The second-order valence-electron chi connectivity index (χ2n) is 4.43. The smallest absolute Gasteiger partial charge is 0.252 e. The zero-order valence-electron chi connectivity index (χ0n) is 10.6. The molecule has 0 aromatic carbocycles. The van der Waals surface area contributed by atoms with Crippen LogP contribution in [-0.2, 0) is 0 Å². The van der Waals surface area contributed by atoms with Gasteiger partial charge >= 0.3 is 0 Å². The summed E-state index contributed by atoms with van der Waals surface area (Å²) in [4.78, 5) is 20.1. The number of likely N-dealkylation sites (N-methyl/N-ethyl adjacent to an activating group) is 1. The van der Waals surface area contributed by atoms with Crippen molar-refractivity contribution in [3.05, 3.63) is 17.8 Å². The third-order valence-electron chi connectivity index (χ3n) is 3.27. The first-order valence-electron chi connectivity index (χ1n) is 6.14. The van der Waals surface area contributed by atoms with E-state index >= 15 is 0 Å². The lowest BCUT2D eigenvalue weighted by Gasteiger charge is -2.35. The van der Waals surface area contributed by atoms with Crippen LogP contribution in [0.15, 0.2) is 12.3 Å². The van der Waals surface area contributed by atoms with E-state index in [0.29, 0.717) is 17.1 Å². The number of carbonyl (C=O) groups excluding carboxylic acids is 1. The van der Waals surface area contributed by atoms with Crippen molar-refractivity contribution < 1.29 is 4.79 Å². The summed E-state index contributed by atoms with van der Waals surface area (Å²) in [6, 6.07) is 1.59. The molecule has 1 amide bonds. The Bertz CT molecular complexity index is 440. The topological polar surface area (TPSA) is 88.5 Å². The lowest BCUT2D eigenvalue weighted by atomic mass is 10.2. The van der Waals surface area contributed by atoms with Crippen molar-refractivity contribution in [1.82, 2.24) is 9.88 Å². The minimum absolute atomic E-state index is 0.403. The van der Waals surface area contributed by atoms with E-state index in [1.54, 1.807) is 12.3 Å². The number of hydrogen-bond acceptors (Lipinski definition) is 5. The SMILES string of the molecule is CCN1CCN(c2ncc(N)cc2C(N)=O)CC1. The van der Waals surface area contributed by atoms with Crippen molar-refractivity contribution in [2.45, 2.75) is 6.92 Å². The predicted molar refractivity (Wildman–Crippen MR) is 71.5 cm³/mol. The van der Waals surface area contributed by atoms with Gasteiger partial charge in [0.05, 0.1) is 17.4 Å². The fourth-order valence-corrected chi connectivity index (χ4v) is 2.18. The Labute approximate surface area is 107 Å². The van der Waals surface area contributed by atoms with Crippen LogP contribution in [0.2, 0.25) is 0 Å². The lowest BCUT2D eigenvalue weighted by Crippen LogP contribution is -2.47. The lowest BCUT2D eigenvalue weighted by molar-refractivity contribution is 0.100. The zero-order valence-corrected chi connectivity index (χ0v) is 10.6. The molecule has 1 aliphatic heterocycles. The van der Waals surface area contributed by atoms with Gasteiger partial charge in [-0.05, 0) is 12.6 Å². The number of anilines is 2. The normalized spacial score (nSPS) is 16.8. The molecule has 4 N–H and O–H groups in total.